The van der Waals surface area contributed by atoms with Crippen molar-refractivity contribution < 1.29 is 9.53 Å². The van der Waals surface area contributed by atoms with Crippen molar-refractivity contribution in [1.82, 2.24) is 15.6 Å². The number of allylic oxidation sites excluding steroid dienone is 1. The molecule has 164 valence electrons. The first-order valence-corrected chi connectivity index (χ1v) is 10.6. The van der Waals surface area contributed by atoms with Gasteiger partial charge in [-0.25, -0.2) is 5.43 Å². The highest BCUT2D eigenvalue weighted by molar-refractivity contribution is 5.94. The second-order valence-corrected chi connectivity index (χ2v) is 7.43. The summed E-state index contributed by atoms with van der Waals surface area (Å²) in [7, 11) is 0. The average molecular weight is 437 g/mol. The van der Waals surface area contributed by atoms with Crippen LogP contribution in [0.3, 0.4) is 0 Å². The Kier molecular flexibility index (Phi) is 7.08. The number of carbonyl (C=O) groups is 1. The Morgan fingerprint density at radius 3 is 2.61 bits per heavy atom. The van der Waals surface area contributed by atoms with E-state index in [1.54, 1.807) is 12.1 Å². The lowest BCUT2D eigenvalue weighted by Crippen LogP contribution is -2.17. The van der Waals surface area contributed by atoms with Crippen LogP contribution in [0.5, 0.6) is 5.75 Å². The average Bonchev–Trinajstić information content (AvgIpc) is 3.35. The monoisotopic (exact) mass is 436 g/mol. The minimum atomic E-state index is -0.379. The summed E-state index contributed by atoms with van der Waals surface area (Å²) in [6.07, 6.45) is 5.18. The number of aryl methyl sites for hydroxylation is 1. The quantitative estimate of drug-likeness (QED) is 0.287. The minimum absolute atomic E-state index is 0.308. The smallest absolute Gasteiger partial charge is 0.289 e. The van der Waals surface area contributed by atoms with Gasteiger partial charge in [0, 0.05) is 11.8 Å². The van der Waals surface area contributed by atoms with E-state index in [1.807, 2.05) is 72.8 Å². The largest absolute Gasteiger partial charge is 0.488 e. The molecule has 0 aliphatic rings. The molecule has 0 saturated heterocycles. The van der Waals surface area contributed by atoms with E-state index in [4.69, 9.17) is 4.74 Å². The maximum atomic E-state index is 12.4. The lowest BCUT2D eigenvalue weighted by molar-refractivity contribution is 0.0950. The van der Waals surface area contributed by atoms with E-state index >= 15 is 0 Å². The molecule has 0 aliphatic heterocycles. The molecule has 2 N–H and O–H groups in total. The molecule has 6 nitrogen and oxygen atoms in total. The number of H-pyrrole nitrogens is 1. The first kappa shape index (κ1) is 21.8. The van der Waals surface area contributed by atoms with Gasteiger partial charge in [0.15, 0.2) is 0 Å². The van der Waals surface area contributed by atoms with Crippen molar-refractivity contribution in [2.75, 3.05) is 0 Å². The first-order valence-electron chi connectivity index (χ1n) is 10.6. The van der Waals surface area contributed by atoms with Crippen LogP contribution in [-0.4, -0.2) is 22.3 Å². The van der Waals surface area contributed by atoms with Crippen molar-refractivity contribution in [2.24, 2.45) is 5.10 Å². The molecule has 0 spiro atoms. The molecular formula is C27H24N4O2. The maximum absolute atomic E-state index is 12.4. The highest BCUT2D eigenvalue weighted by Crippen LogP contribution is 2.29. The van der Waals surface area contributed by atoms with E-state index in [-0.39, 0.29) is 5.91 Å². The summed E-state index contributed by atoms with van der Waals surface area (Å²) in [6, 6.07) is 27.3. The normalized spacial score (nSPS) is 11.2. The van der Waals surface area contributed by atoms with E-state index in [9.17, 15) is 4.79 Å². The van der Waals surface area contributed by atoms with Crippen molar-refractivity contribution in [3.8, 4) is 17.0 Å². The number of amides is 1. The van der Waals surface area contributed by atoms with Gasteiger partial charge in [-0.1, -0.05) is 78.4 Å². The molecule has 3 aromatic carbocycles. The van der Waals surface area contributed by atoms with Gasteiger partial charge >= 0.3 is 0 Å². The topological polar surface area (TPSA) is 79.4 Å². The molecule has 33 heavy (non-hydrogen) atoms. The molecule has 4 aromatic rings. The number of hydrogen-bond acceptors (Lipinski definition) is 4. The van der Waals surface area contributed by atoms with E-state index in [1.165, 1.54) is 11.8 Å². The Labute approximate surface area is 192 Å². The van der Waals surface area contributed by atoms with E-state index < -0.39 is 0 Å². The van der Waals surface area contributed by atoms with Crippen LogP contribution in [0.15, 0.2) is 96.1 Å². The Balaban J connectivity index is 1.38. The second-order valence-electron chi connectivity index (χ2n) is 7.43. The van der Waals surface area contributed by atoms with Gasteiger partial charge in [-0.2, -0.15) is 10.2 Å². The van der Waals surface area contributed by atoms with Crippen LogP contribution in [0.1, 0.15) is 27.2 Å². The van der Waals surface area contributed by atoms with Gasteiger partial charge in [0.2, 0.25) is 0 Å². The summed E-state index contributed by atoms with van der Waals surface area (Å²) in [5, 5.41) is 11.0. The second kappa shape index (κ2) is 10.7. The minimum Gasteiger partial charge on any atom is -0.488 e. The molecule has 0 aliphatic carbocycles. The number of aromatic amines is 1. The molecule has 1 heterocycles. The van der Waals surface area contributed by atoms with Crippen molar-refractivity contribution in [2.45, 2.75) is 13.5 Å². The van der Waals surface area contributed by atoms with E-state index in [0.29, 0.717) is 23.7 Å². The van der Waals surface area contributed by atoms with Crippen LogP contribution in [0.2, 0.25) is 0 Å². The number of rotatable bonds is 8. The van der Waals surface area contributed by atoms with Crippen molar-refractivity contribution in [3.63, 3.8) is 0 Å². The summed E-state index contributed by atoms with van der Waals surface area (Å²) >= 11 is 0. The summed E-state index contributed by atoms with van der Waals surface area (Å²) < 4.78 is 6.03. The molecule has 0 atom stereocenters. The molecule has 1 amide bonds. The number of benzene rings is 3. The molecular weight excluding hydrogens is 412 g/mol. The van der Waals surface area contributed by atoms with Crippen molar-refractivity contribution in [1.29, 1.82) is 0 Å². The predicted molar refractivity (Wildman–Crippen MR) is 131 cm³/mol. The zero-order valence-electron chi connectivity index (χ0n) is 18.2. The van der Waals surface area contributed by atoms with Crippen LogP contribution < -0.4 is 10.2 Å². The molecule has 0 unspecified atom stereocenters. The molecule has 0 saturated carbocycles. The SMILES string of the molecule is Cc1ccc(COc2ccccc2-c2cc(C(=O)N/N=C\C=C\c3ccccc3)[nH]n2)cc1. The third-order valence-electron chi connectivity index (χ3n) is 4.92. The van der Waals surface area contributed by atoms with Crippen LogP contribution in [0.25, 0.3) is 17.3 Å². The highest BCUT2D eigenvalue weighted by atomic mass is 16.5. The lowest BCUT2D eigenvalue weighted by atomic mass is 10.1. The Hall–Kier alpha value is -4.45. The van der Waals surface area contributed by atoms with Gasteiger partial charge in [0.05, 0.1) is 5.69 Å². The van der Waals surface area contributed by atoms with Crippen molar-refractivity contribution >= 4 is 18.2 Å². The number of nitrogens with one attached hydrogen (secondary N) is 2. The van der Waals surface area contributed by atoms with Gasteiger partial charge in [0.25, 0.3) is 5.91 Å². The van der Waals surface area contributed by atoms with Gasteiger partial charge < -0.3 is 4.74 Å². The number of nitrogens with zero attached hydrogens (tertiary/aromatic N) is 2. The van der Waals surface area contributed by atoms with Gasteiger partial charge in [-0.15, -0.1) is 0 Å². The zero-order valence-corrected chi connectivity index (χ0v) is 18.2. The Morgan fingerprint density at radius 2 is 1.79 bits per heavy atom. The number of carbonyl (C=O) groups excluding carboxylic acids is 1. The van der Waals surface area contributed by atoms with Crippen LogP contribution in [0.4, 0.5) is 0 Å². The summed E-state index contributed by atoms with van der Waals surface area (Å²) in [4.78, 5) is 12.4. The number of hydrazone groups is 1. The number of aromatic nitrogens is 2. The number of hydrogen-bond donors (Lipinski definition) is 2. The van der Waals surface area contributed by atoms with Gasteiger partial charge in [-0.3, -0.25) is 9.89 Å². The van der Waals surface area contributed by atoms with Gasteiger partial charge in [-0.05, 0) is 42.3 Å². The fourth-order valence-corrected chi connectivity index (χ4v) is 3.14. The molecule has 0 radical (unpaired) electrons. The Bertz CT molecular complexity index is 1260. The molecule has 4 rings (SSSR count). The van der Waals surface area contributed by atoms with E-state index in [0.717, 1.165) is 16.7 Å². The molecule has 0 fully saturated rings. The molecule has 6 heteroatoms. The third kappa shape index (κ3) is 6.04. The number of ether oxygens (including phenoxy) is 1. The molecule has 1 aromatic heterocycles. The van der Waals surface area contributed by atoms with Crippen molar-refractivity contribution in [3.05, 3.63) is 113 Å². The first-order chi connectivity index (χ1) is 16.2. The maximum Gasteiger partial charge on any atom is 0.289 e. The number of para-hydroxylation sites is 1. The third-order valence-corrected chi connectivity index (χ3v) is 4.92. The molecule has 0 bridgehead atoms. The zero-order chi connectivity index (χ0) is 22.9. The predicted octanol–water partition coefficient (Wildman–Crippen LogP) is 5.39. The van der Waals surface area contributed by atoms with E-state index in [2.05, 4.69) is 39.8 Å². The van der Waals surface area contributed by atoms with Crippen LogP contribution in [0, 0.1) is 6.92 Å². The van der Waals surface area contributed by atoms with Crippen LogP contribution in [-0.2, 0) is 6.61 Å². The fourth-order valence-electron chi connectivity index (χ4n) is 3.14. The summed E-state index contributed by atoms with van der Waals surface area (Å²) in [5.41, 5.74) is 7.56. The standard InChI is InChI=1S/C27H24N4O2/c1-20-13-15-22(16-14-20)19-33-26-12-6-5-11-23(26)24-18-25(30-29-24)27(32)31-28-17-7-10-21-8-3-2-4-9-21/h2-18H,19H2,1H3,(H,29,30)(H,31,32)/b10-7+,28-17-. The Morgan fingerprint density at radius 1 is 1.03 bits per heavy atom. The highest BCUT2D eigenvalue weighted by Gasteiger charge is 2.13. The summed E-state index contributed by atoms with van der Waals surface area (Å²) in [6.45, 7) is 2.50. The fraction of sp³-hybridized carbons (Fsp3) is 0.0741. The summed E-state index contributed by atoms with van der Waals surface area (Å²) in [5.74, 6) is 0.316. The van der Waals surface area contributed by atoms with Crippen LogP contribution >= 0.6 is 0 Å². The lowest BCUT2D eigenvalue weighted by Gasteiger charge is -2.10. The van der Waals surface area contributed by atoms with Gasteiger partial charge in [0.1, 0.15) is 18.1 Å².